The minimum absolute atomic E-state index is 0.0823. The predicted octanol–water partition coefficient (Wildman–Crippen LogP) is 3.69. The van der Waals surface area contributed by atoms with Crippen molar-refractivity contribution >= 4 is 17.3 Å². The van der Waals surface area contributed by atoms with Crippen LogP contribution in [0.15, 0.2) is 36.4 Å². The van der Waals surface area contributed by atoms with Gasteiger partial charge in [-0.1, -0.05) is 13.0 Å². The molecule has 1 amide bonds. The van der Waals surface area contributed by atoms with Crippen molar-refractivity contribution in [1.82, 2.24) is 0 Å². The number of hydrogen-bond donors (Lipinski definition) is 1. The van der Waals surface area contributed by atoms with E-state index in [1.165, 1.54) is 12.1 Å². The predicted molar refractivity (Wildman–Crippen MR) is 76.8 cm³/mol. The first-order valence-electron chi connectivity index (χ1n) is 6.46. The Morgan fingerprint density at radius 1 is 1.18 bits per heavy atom. The molecule has 7 heteroatoms. The molecule has 2 aromatic rings. The van der Waals surface area contributed by atoms with Crippen LogP contribution in [-0.4, -0.2) is 10.8 Å². The molecule has 0 bridgehead atoms. The van der Waals surface area contributed by atoms with E-state index in [0.717, 1.165) is 18.2 Å². The lowest BCUT2D eigenvalue weighted by molar-refractivity contribution is -0.385. The van der Waals surface area contributed by atoms with Crippen LogP contribution in [0.1, 0.15) is 22.8 Å². The first kappa shape index (κ1) is 15.6. The van der Waals surface area contributed by atoms with Crippen LogP contribution in [-0.2, 0) is 6.42 Å². The fraction of sp³-hybridized carbons (Fsp3) is 0.133. The van der Waals surface area contributed by atoms with Gasteiger partial charge in [0.25, 0.3) is 11.6 Å². The van der Waals surface area contributed by atoms with Crippen molar-refractivity contribution in [2.75, 3.05) is 5.32 Å². The van der Waals surface area contributed by atoms with Gasteiger partial charge in [0.15, 0.2) is 11.6 Å². The van der Waals surface area contributed by atoms with Gasteiger partial charge in [0.05, 0.1) is 4.92 Å². The quantitative estimate of drug-likeness (QED) is 0.691. The number of carbonyl (C=O) groups is 1. The molecule has 22 heavy (non-hydrogen) atoms. The van der Waals surface area contributed by atoms with Gasteiger partial charge in [-0.05, 0) is 30.7 Å². The molecule has 5 nitrogen and oxygen atoms in total. The van der Waals surface area contributed by atoms with Crippen LogP contribution < -0.4 is 5.32 Å². The molecular weight excluding hydrogens is 294 g/mol. The van der Waals surface area contributed by atoms with Gasteiger partial charge in [0.2, 0.25) is 0 Å². The average molecular weight is 306 g/mol. The zero-order valence-electron chi connectivity index (χ0n) is 11.6. The number of carbonyl (C=O) groups excluding carboxylic acids is 1. The fourth-order valence-corrected chi connectivity index (χ4v) is 1.95. The number of nitrogens with zero attached hydrogens (tertiary/aromatic N) is 1. The second-order valence-corrected chi connectivity index (χ2v) is 4.54. The molecule has 114 valence electrons. The van der Waals surface area contributed by atoms with Gasteiger partial charge in [-0.15, -0.1) is 0 Å². The molecule has 0 saturated carbocycles. The van der Waals surface area contributed by atoms with Gasteiger partial charge in [0.1, 0.15) is 0 Å². The number of halogens is 2. The Bertz CT molecular complexity index is 748. The van der Waals surface area contributed by atoms with Gasteiger partial charge in [-0.3, -0.25) is 14.9 Å². The molecule has 0 spiro atoms. The Kier molecular flexibility index (Phi) is 4.45. The van der Waals surface area contributed by atoms with E-state index in [4.69, 9.17) is 0 Å². The summed E-state index contributed by atoms with van der Waals surface area (Å²) in [6, 6.07) is 7.02. The van der Waals surface area contributed by atoms with Crippen LogP contribution in [0.5, 0.6) is 0 Å². The van der Waals surface area contributed by atoms with Crippen LogP contribution >= 0.6 is 0 Å². The molecular formula is C15H12F2N2O3. The highest BCUT2D eigenvalue weighted by Crippen LogP contribution is 2.24. The number of aryl methyl sites for hydroxylation is 1. The molecule has 0 aromatic heterocycles. The largest absolute Gasteiger partial charge is 0.322 e. The summed E-state index contributed by atoms with van der Waals surface area (Å²) in [5.74, 6) is -2.88. The van der Waals surface area contributed by atoms with Crippen LogP contribution in [0, 0.1) is 21.7 Å². The molecule has 0 aliphatic heterocycles. The smallest absolute Gasteiger partial charge is 0.274 e. The number of anilines is 1. The molecule has 0 atom stereocenters. The molecule has 0 aliphatic rings. The van der Waals surface area contributed by atoms with Gasteiger partial charge < -0.3 is 5.32 Å². The number of benzene rings is 2. The third-order valence-electron chi connectivity index (χ3n) is 3.10. The summed E-state index contributed by atoms with van der Waals surface area (Å²) in [4.78, 5) is 22.4. The number of amides is 1. The highest BCUT2D eigenvalue weighted by Gasteiger charge is 2.15. The zero-order valence-corrected chi connectivity index (χ0v) is 11.6. The number of nitro benzene ring substituents is 1. The lowest BCUT2D eigenvalue weighted by Crippen LogP contribution is -2.12. The molecule has 0 radical (unpaired) electrons. The maximum Gasteiger partial charge on any atom is 0.274 e. The fourth-order valence-electron chi connectivity index (χ4n) is 1.95. The number of nitrogens with one attached hydrogen (secondary N) is 1. The number of nitro groups is 1. The van der Waals surface area contributed by atoms with Gasteiger partial charge in [-0.25, -0.2) is 8.78 Å². The van der Waals surface area contributed by atoms with Crippen molar-refractivity contribution in [1.29, 1.82) is 0 Å². The normalized spacial score (nSPS) is 10.3. The van der Waals surface area contributed by atoms with E-state index in [9.17, 15) is 23.7 Å². The van der Waals surface area contributed by atoms with E-state index in [2.05, 4.69) is 5.32 Å². The van der Waals surface area contributed by atoms with Gasteiger partial charge in [0, 0.05) is 22.9 Å². The zero-order chi connectivity index (χ0) is 16.3. The Morgan fingerprint density at radius 2 is 1.91 bits per heavy atom. The minimum atomic E-state index is -1.14. The van der Waals surface area contributed by atoms with E-state index in [1.54, 1.807) is 13.0 Å². The highest BCUT2D eigenvalue weighted by molar-refractivity contribution is 6.04. The maximum atomic E-state index is 13.1. The molecule has 0 aliphatic carbocycles. The Morgan fingerprint density at radius 3 is 2.50 bits per heavy atom. The van der Waals surface area contributed by atoms with Crippen molar-refractivity contribution in [3.63, 3.8) is 0 Å². The topological polar surface area (TPSA) is 72.2 Å². The van der Waals surface area contributed by atoms with Crippen molar-refractivity contribution in [3.05, 3.63) is 69.3 Å². The van der Waals surface area contributed by atoms with Crippen LogP contribution in [0.4, 0.5) is 20.2 Å². The third-order valence-corrected chi connectivity index (χ3v) is 3.10. The average Bonchev–Trinajstić information content (AvgIpc) is 2.49. The van der Waals surface area contributed by atoms with Gasteiger partial charge >= 0.3 is 0 Å². The Labute approximate surface area is 124 Å². The van der Waals surface area contributed by atoms with E-state index in [1.807, 2.05) is 0 Å². The Balaban J connectivity index is 2.26. The molecule has 0 saturated heterocycles. The number of rotatable bonds is 4. The van der Waals surface area contributed by atoms with Crippen molar-refractivity contribution in [2.45, 2.75) is 13.3 Å². The molecule has 0 heterocycles. The van der Waals surface area contributed by atoms with Crippen LogP contribution in [0.3, 0.4) is 0 Å². The SMILES string of the molecule is CCc1ccc(NC(=O)c2ccc(F)c(F)c2)cc1[N+](=O)[O-]. The summed E-state index contributed by atoms with van der Waals surface area (Å²) in [5, 5.41) is 13.4. The van der Waals surface area contributed by atoms with E-state index in [-0.39, 0.29) is 16.9 Å². The van der Waals surface area contributed by atoms with Crippen LogP contribution in [0.25, 0.3) is 0 Å². The van der Waals surface area contributed by atoms with E-state index in [0.29, 0.717) is 12.0 Å². The molecule has 1 N–H and O–H groups in total. The molecule has 0 fully saturated rings. The minimum Gasteiger partial charge on any atom is -0.322 e. The number of hydrogen-bond acceptors (Lipinski definition) is 3. The van der Waals surface area contributed by atoms with Crippen LogP contribution in [0.2, 0.25) is 0 Å². The molecule has 2 rings (SSSR count). The summed E-state index contributed by atoms with van der Waals surface area (Å²) in [6.07, 6.45) is 0.480. The summed E-state index contributed by atoms with van der Waals surface area (Å²) in [7, 11) is 0. The first-order chi connectivity index (χ1) is 10.4. The molecule has 0 unspecified atom stereocenters. The van der Waals surface area contributed by atoms with Crippen molar-refractivity contribution in [2.24, 2.45) is 0 Å². The molecule has 2 aromatic carbocycles. The monoisotopic (exact) mass is 306 g/mol. The second kappa shape index (κ2) is 6.30. The lowest BCUT2D eigenvalue weighted by atomic mass is 10.1. The Hall–Kier alpha value is -2.83. The first-order valence-corrected chi connectivity index (χ1v) is 6.46. The van der Waals surface area contributed by atoms with Crippen molar-refractivity contribution < 1.29 is 18.5 Å². The van der Waals surface area contributed by atoms with E-state index >= 15 is 0 Å². The summed E-state index contributed by atoms with van der Waals surface area (Å²) < 4.78 is 25.9. The third kappa shape index (κ3) is 3.25. The standard InChI is InChI=1S/C15H12F2N2O3/c1-2-9-3-5-11(8-14(9)19(21)22)18-15(20)10-4-6-12(16)13(17)7-10/h3-8H,2H2,1H3,(H,18,20). The van der Waals surface area contributed by atoms with E-state index < -0.39 is 22.5 Å². The lowest BCUT2D eigenvalue weighted by Gasteiger charge is -2.07. The van der Waals surface area contributed by atoms with Crippen molar-refractivity contribution in [3.8, 4) is 0 Å². The van der Waals surface area contributed by atoms with Gasteiger partial charge in [-0.2, -0.15) is 0 Å². The second-order valence-electron chi connectivity index (χ2n) is 4.54. The summed E-state index contributed by atoms with van der Waals surface area (Å²) >= 11 is 0. The summed E-state index contributed by atoms with van der Waals surface area (Å²) in [5.41, 5.74) is 0.557. The summed E-state index contributed by atoms with van der Waals surface area (Å²) in [6.45, 7) is 1.78. The maximum absolute atomic E-state index is 13.1. The highest BCUT2D eigenvalue weighted by atomic mass is 19.2.